The zero-order valence-corrected chi connectivity index (χ0v) is 14.7. The summed E-state index contributed by atoms with van der Waals surface area (Å²) in [5, 5.41) is 0. The predicted molar refractivity (Wildman–Crippen MR) is 96.0 cm³/mol. The largest absolute Gasteiger partial charge is 0.496 e. The Labute approximate surface area is 150 Å². The van der Waals surface area contributed by atoms with Crippen molar-refractivity contribution in [2.24, 2.45) is 0 Å². The molecule has 0 bridgehead atoms. The summed E-state index contributed by atoms with van der Waals surface area (Å²) in [5.41, 5.74) is 0.776. The Morgan fingerprint density at radius 1 is 1.20 bits per heavy atom. The van der Waals surface area contributed by atoms with Gasteiger partial charge in [0.2, 0.25) is 5.91 Å². The van der Waals surface area contributed by atoms with Gasteiger partial charge in [0, 0.05) is 16.2 Å². The number of cyclic esters (lactones) is 1. The summed E-state index contributed by atoms with van der Waals surface area (Å²) < 4.78 is 10.3. The van der Waals surface area contributed by atoms with E-state index in [4.69, 9.17) is 9.47 Å². The molecule has 0 radical (unpaired) electrons. The van der Waals surface area contributed by atoms with Crippen LogP contribution in [0.4, 0.5) is 4.79 Å². The van der Waals surface area contributed by atoms with Crippen molar-refractivity contribution in [3.8, 4) is 5.75 Å². The predicted octanol–water partition coefficient (Wildman–Crippen LogP) is 3.55. The van der Waals surface area contributed by atoms with Gasteiger partial charge in [0.15, 0.2) is 0 Å². The zero-order chi connectivity index (χ0) is 17.6. The number of hydrogen-bond donors (Lipinski definition) is 0. The van der Waals surface area contributed by atoms with Crippen LogP contribution in [0.3, 0.4) is 0 Å². The fraction of sp³-hybridized carbons (Fsp3) is 0.263. The molecule has 130 valence electrons. The maximum atomic E-state index is 13.0. The highest BCUT2D eigenvalue weighted by molar-refractivity contribution is 7.99. The van der Waals surface area contributed by atoms with E-state index in [1.165, 1.54) is 4.90 Å². The first-order chi connectivity index (χ1) is 12.2. The average Bonchev–Trinajstić information content (AvgIpc) is 3.09. The first kappa shape index (κ1) is 17.4. The standard InChI is InChI=1S/C19H19NO4S/c1-23-17-10-6-5-9-15(17)16(13-25-14-7-3-2-4-8-14)18(21)20-11-12-24-19(20)22/h2-10,16H,11-13H2,1H3/t16-/m1/s1. The second-order valence-electron chi connectivity index (χ2n) is 5.52. The second kappa shape index (κ2) is 8.07. The molecule has 0 aliphatic carbocycles. The Kier molecular flexibility index (Phi) is 5.60. The Hall–Kier alpha value is -2.47. The molecule has 0 unspecified atom stereocenters. The van der Waals surface area contributed by atoms with Gasteiger partial charge in [-0.2, -0.15) is 0 Å². The molecule has 1 atom stereocenters. The molecule has 1 saturated heterocycles. The Morgan fingerprint density at radius 3 is 2.60 bits per heavy atom. The summed E-state index contributed by atoms with van der Waals surface area (Å²) in [6.45, 7) is 0.536. The lowest BCUT2D eigenvalue weighted by atomic mass is 9.98. The lowest BCUT2D eigenvalue weighted by molar-refractivity contribution is -0.128. The fourth-order valence-corrected chi connectivity index (χ4v) is 3.76. The first-order valence-corrected chi connectivity index (χ1v) is 8.98. The zero-order valence-electron chi connectivity index (χ0n) is 13.9. The van der Waals surface area contributed by atoms with Gasteiger partial charge in [-0.1, -0.05) is 36.4 Å². The molecule has 1 fully saturated rings. The van der Waals surface area contributed by atoms with Crippen LogP contribution in [0, 0.1) is 0 Å². The molecular weight excluding hydrogens is 338 g/mol. The van der Waals surface area contributed by atoms with Gasteiger partial charge in [0.25, 0.3) is 0 Å². The minimum atomic E-state index is -0.574. The van der Waals surface area contributed by atoms with E-state index in [1.807, 2.05) is 54.6 Å². The average molecular weight is 357 g/mol. The number of carbonyl (C=O) groups excluding carboxylic acids is 2. The summed E-state index contributed by atoms with van der Waals surface area (Å²) in [6, 6.07) is 17.3. The van der Waals surface area contributed by atoms with Crippen LogP contribution in [0.5, 0.6) is 5.75 Å². The third-order valence-electron chi connectivity index (χ3n) is 4.00. The van der Waals surface area contributed by atoms with E-state index < -0.39 is 12.0 Å². The smallest absolute Gasteiger partial charge is 0.416 e. The van der Waals surface area contributed by atoms with Gasteiger partial charge in [-0.3, -0.25) is 4.79 Å². The summed E-state index contributed by atoms with van der Waals surface area (Å²) in [5.74, 6) is 0.400. The van der Waals surface area contributed by atoms with E-state index in [1.54, 1.807) is 18.9 Å². The lowest BCUT2D eigenvalue weighted by Crippen LogP contribution is -2.36. The van der Waals surface area contributed by atoms with Gasteiger partial charge in [-0.15, -0.1) is 11.8 Å². The second-order valence-corrected chi connectivity index (χ2v) is 6.62. The molecule has 1 heterocycles. The van der Waals surface area contributed by atoms with E-state index in [0.29, 0.717) is 18.0 Å². The highest BCUT2D eigenvalue weighted by Crippen LogP contribution is 2.33. The van der Waals surface area contributed by atoms with Crippen LogP contribution in [0.1, 0.15) is 11.5 Å². The van der Waals surface area contributed by atoms with Gasteiger partial charge in [0.1, 0.15) is 12.4 Å². The van der Waals surface area contributed by atoms with Crippen LogP contribution in [0.15, 0.2) is 59.5 Å². The van der Waals surface area contributed by atoms with Crippen molar-refractivity contribution >= 4 is 23.8 Å². The monoisotopic (exact) mass is 357 g/mol. The number of amides is 2. The first-order valence-electron chi connectivity index (χ1n) is 7.99. The van der Waals surface area contributed by atoms with E-state index in [9.17, 15) is 9.59 Å². The Balaban J connectivity index is 1.87. The molecule has 1 aliphatic rings. The highest BCUT2D eigenvalue weighted by atomic mass is 32.2. The number of carbonyl (C=O) groups is 2. The van der Waals surface area contributed by atoms with E-state index in [0.717, 1.165) is 10.5 Å². The Morgan fingerprint density at radius 2 is 1.92 bits per heavy atom. The summed E-state index contributed by atoms with van der Waals surface area (Å²) in [6.07, 6.45) is -0.574. The van der Waals surface area contributed by atoms with Crippen LogP contribution in [0.25, 0.3) is 0 Å². The van der Waals surface area contributed by atoms with Crippen molar-refractivity contribution in [3.63, 3.8) is 0 Å². The van der Waals surface area contributed by atoms with E-state index >= 15 is 0 Å². The molecule has 2 amide bonds. The lowest BCUT2D eigenvalue weighted by Gasteiger charge is -2.22. The Bertz CT molecular complexity index is 750. The molecular formula is C19H19NO4S. The van der Waals surface area contributed by atoms with Gasteiger partial charge in [-0.25, -0.2) is 9.69 Å². The van der Waals surface area contributed by atoms with Gasteiger partial charge < -0.3 is 9.47 Å². The molecule has 0 spiro atoms. The summed E-state index contributed by atoms with van der Waals surface area (Å²) in [7, 11) is 1.58. The molecule has 1 aliphatic heterocycles. The molecule has 2 aromatic carbocycles. The number of hydrogen-bond acceptors (Lipinski definition) is 5. The number of nitrogens with zero attached hydrogens (tertiary/aromatic N) is 1. The molecule has 0 N–H and O–H groups in total. The summed E-state index contributed by atoms with van der Waals surface area (Å²) in [4.78, 5) is 27.1. The number of imide groups is 1. The number of rotatable bonds is 6. The van der Waals surface area contributed by atoms with Gasteiger partial charge in [-0.05, 0) is 18.2 Å². The van der Waals surface area contributed by atoms with Crippen molar-refractivity contribution in [1.82, 2.24) is 4.90 Å². The minimum Gasteiger partial charge on any atom is -0.496 e. The van der Waals surface area contributed by atoms with Gasteiger partial charge in [0.05, 0.1) is 19.6 Å². The normalized spacial score (nSPS) is 14.9. The van der Waals surface area contributed by atoms with Gasteiger partial charge >= 0.3 is 6.09 Å². The fourth-order valence-electron chi connectivity index (χ4n) is 2.73. The molecule has 0 saturated carbocycles. The molecule has 0 aromatic heterocycles. The molecule has 6 heteroatoms. The third kappa shape index (κ3) is 3.96. The minimum absolute atomic E-state index is 0.245. The van der Waals surface area contributed by atoms with E-state index in [-0.39, 0.29) is 12.5 Å². The maximum Gasteiger partial charge on any atom is 0.416 e. The van der Waals surface area contributed by atoms with Crippen molar-refractivity contribution in [3.05, 3.63) is 60.2 Å². The number of benzene rings is 2. The summed E-state index contributed by atoms with van der Waals surface area (Å²) >= 11 is 1.58. The van der Waals surface area contributed by atoms with Crippen LogP contribution >= 0.6 is 11.8 Å². The van der Waals surface area contributed by atoms with E-state index in [2.05, 4.69) is 0 Å². The van der Waals surface area contributed by atoms with Crippen LogP contribution in [-0.4, -0.2) is 42.9 Å². The van der Waals surface area contributed by atoms with Crippen LogP contribution < -0.4 is 4.74 Å². The number of ether oxygens (including phenoxy) is 2. The SMILES string of the molecule is COc1ccccc1[C@@H](CSc1ccccc1)C(=O)N1CCOC1=O. The third-order valence-corrected chi connectivity index (χ3v) is 5.10. The number of para-hydroxylation sites is 1. The van der Waals surface area contributed by atoms with Crippen molar-refractivity contribution in [2.75, 3.05) is 26.0 Å². The van der Waals surface area contributed by atoms with Crippen molar-refractivity contribution in [2.45, 2.75) is 10.8 Å². The topological polar surface area (TPSA) is 55.8 Å². The van der Waals surface area contributed by atoms with Crippen LogP contribution in [-0.2, 0) is 9.53 Å². The van der Waals surface area contributed by atoms with Crippen LogP contribution in [0.2, 0.25) is 0 Å². The van der Waals surface area contributed by atoms with Crippen molar-refractivity contribution in [1.29, 1.82) is 0 Å². The molecule has 2 aromatic rings. The molecule has 3 rings (SSSR count). The molecule has 25 heavy (non-hydrogen) atoms. The number of methoxy groups -OCH3 is 1. The highest BCUT2D eigenvalue weighted by Gasteiger charge is 2.35. The number of thioether (sulfide) groups is 1. The molecule has 5 nitrogen and oxygen atoms in total. The van der Waals surface area contributed by atoms with Crippen molar-refractivity contribution < 1.29 is 19.1 Å². The quantitative estimate of drug-likeness (QED) is 0.740. The maximum absolute atomic E-state index is 13.0.